The van der Waals surface area contributed by atoms with Gasteiger partial charge in [0.25, 0.3) is 5.91 Å². The molecule has 0 radical (unpaired) electrons. The van der Waals surface area contributed by atoms with E-state index in [1.165, 1.54) is 0 Å². The van der Waals surface area contributed by atoms with Crippen LogP contribution in [-0.2, 0) is 0 Å². The summed E-state index contributed by atoms with van der Waals surface area (Å²) in [4.78, 5) is 14.5. The van der Waals surface area contributed by atoms with Gasteiger partial charge in [0.05, 0.1) is 5.56 Å². The highest BCUT2D eigenvalue weighted by atomic mass is 16.2. The summed E-state index contributed by atoms with van der Waals surface area (Å²) in [7, 11) is 1.82. The summed E-state index contributed by atoms with van der Waals surface area (Å²) < 4.78 is 0. The van der Waals surface area contributed by atoms with Crippen molar-refractivity contribution < 1.29 is 9.90 Å². The summed E-state index contributed by atoms with van der Waals surface area (Å²) in [6.07, 6.45) is 0. The zero-order valence-corrected chi connectivity index (χ0v) is 13.8. The van der Waals surface area contributed by atoms with Crippen LogP contribution in [0.25, 0.3) is 0 Å². The molecule has 0 saturated heterocycles. The average Bonchev–Trinajstić information content (AvgIpc) is 2.41. The Balaban J connectivity index is 3.18. The van der Waals surface area contributed by atoms with Crippen molar-refractivity contribution in [1.82, 2.24) is 4.90 Å². The van der Waals surface area contributed by atoms with Gasteiger partial charge in [0.1, 0.15) is 6.61 Å². The van der Waals surface area contributed by atoms with Gasteiger partial charge in [0.15, 0.2) is 0 Å². The first-order valence-corrected chi connectivity index (χ1v) is 7.16. The fourth-order valence-electron chi connectivity index (χ4n) is 2.03. The fraction of sp³-hybridized carbons (Fsp3) is 0.500. The molecule has 1 aromatic carbocycles. The average molecular weight is 287 g/mol. The number of rotatable bonds is 2. The van der Waals surface area contributed by atoms with Crippen LogP contribution in [0.3, 0.4) is 0 Å². The topological polar surface area (TPSA) is 40.5 Å². The maximum absolute atomic E-state index is 12.7. The largest absolute Gasteiger partial charge is 0.384 e. The highest BCUT2D eigenvalue weighted by Crippen LogP contribution is 2.25. The first-order valence-electron chi connectivity index (χ1n) is 7.16. The maximum atomic E-state index is 12.7. The molecule has 114 valence electrons. The minimum atomic E-state index is -0.212. The van der Waals surface area contributed by atoms with E-state index in [9.17, 15) is 4.79 Å². The molecule has 1 unspecified atom stereocenters. The van der Waals surface area contributed by atoms with E-state index >= 15 is 0 Å². The van der Waals surface area contributed by atoms with Gasteiger partial charge in [-0.05, 0) is 37.0 Å². The predicted octanol–water partition coefficient (Wildman–Crippen LogP) is 2.85. The lowest BCUT2D eigenvalue weighted by atomic mass is 9.86. The Bertz CT molecular complexity index is 573. The molecule has 0 bridgehead atoms. The van der Waals surface area contributed by atoms with Crippen LogP contribution in [0.15, 0.2) is 18.2 Å². The lowest BCUT2D eigenvalue weighted by molar-refractivity contribution is 0.0629. The molecule has 0 aliphatic carbocycles. The molecule has 21 heavy (non-hydrogen) atoms. The number of hydrogen-bond donors (Lipinski definition) is 1. The minimum Gasteiger partial charge on any atom is -0.384 e. The zero-order valence-electron chi connectivity index (χ0n) is 13.8. The minimum absolute atomic E-state index is 0.00600. The smallest absolute Gasteiger partial charge is 0.255 e. The van der Waals surface area contributed by atoms with Crippen LogP contribution in [0.4, 0.5) is 0 Å². The molecule has 3 nitrogen and oxygen atoms in total. The van der Waals surface area contributed by atoms with Crippen molar-refractivity contribution in [3.05, 3.63) is 34.9 Å². The van der Waals surface area contributed by atoms with Crippen LogP contribution >= 0.6 is 0 Å². The zero-order chi connectivity index (χ0) is 16.2. The third-order valence-corrected chi connectivity index (χ3v) is 3.86. The number of aliphatic hydroxyl groups is 1. The van der Waals surface area contributed by atoms with Gasteiger partial charge in [-0.3, -0.25) is 4.79 Å². The Kier molecular flexibility index (Phi) is 5.57. The quantitative estimate of drug-likeness (QED) is 0.850. The van der Waals surface area contributed by atoms with Crippen molar-refractivity contribution in [2.75, 3.05) is 13.7 Å². The number of carbonyl (C=O) groups is 1. The molecule has 0 fully saturated rings. The Hall–Kier alpha value is -1.79. The number of nitrogens with zero attached hydrogens (tertiary/aromatic N) is 1. The second-order valence-corrected chi connectivity index (χ2v) is 6.47. The molecule has 1 atom stereocenters. The third-order valence-electron chi connectivity index (χ3n) is 3.86. The molecule has 0 aromatic heterocycles. The van der Waals surface area contributed by atoms with Crippen molar-refractivity contribution in [2.45, 2.75) is 40.7 Å². The third kappa shape index (κ3) is 4.34. The lowest BCUT2D eigenvalue weighted by Crippen LogP contribution is -2.43. The molecule has 1 aromatic rings. The van der Waals surface area contributed by atoms with Crippen molar-refractivity contribution in [1.29, 1.82) is 0 Å². The van der Waals surface area contributed by atoms with Crippen LogP contribution in [-0.4, -0.2) is 35.6 Å². The summed E-state index contributed by atoms with van der Waals surface area (Å²) in [6.45, 7) is 10.1. The number of aliphatic hydroxyl groups excluding tert-OH is 1. The molecule has 0 heterocycles. The second-order valence-electron chi connectivity index (χ2n) is 6.47. The normalized spacial score (nSPS) is 12.3. The number of carbonyl (C=O) groups excluding carboxylic acids is 1. The summed E-state index contributed by atoms with van der Waals surface area (Å²) in [6, 6.07) is 5.70. The number of aryl methyl sites for hydroxylation is 1. The van der Waals surface area contributed by atoms with Gasteiger partial charge in [0.2, 0.25) is 0 Å². The highest BCUT2D eigenvalue weighted by Gasteiger charge is 2.28. The van der Waals surface area contributed by atoms with Crippen molar-refractivity contribution in [2.24, 2.45) is 5.41 Å². The Morgan fingerprint density at radius 3 is 2.52 bits per heavy atom. The summed E-state index contributed by atoms with van der Waals surface area (Å²) in [5.74, 6) is 5.45. The van der Waals surface area contributed by atoms with E-state index in [1.807, 2.05) is 39.1 Å². The van der Waals surface area contributed by atoms with E-state index in [-0.39, 0.29) is 24.0 Å². The molecule has 1 amide bonds. The van der Waals surface area contributed by atoms with Gasteiger partial charge in [-0.1, -0.05) is 38.7 Å². The molecule has 0 aliphatic rings. The fourth-order valence-corrected chi connectivity index (χ4v) is 2.03. The molecule has 1 rings (SSSR count). The Labute approximate surface area is 128 Å². The number of benzene rings is 1. The van der Waals surface area contributed by atoms with Crippen molar-refractivity contribution >= 4 is 5.91 Å². The second kappa shape index (κ2) is 6.78. The molecule has 0 saturated carbocycles. The van der Waals surface area contributed by atoms with Crippen LogP contribution < -0.4 is 0 Å². The van der Waals surface area contributed by atoms with E-state index in [1.54, 1.807) is 4.90 Å². The molecular weight excluding hydrogens is 262 g/mol. The van der Waals surface area contributed by atoms with E-state index in [2.05, 4.69) is 32.6 Å². The maximum Gasteiger partial charge on any atom is 0.255 e. The summed E-state index contributed by atoms with van der Waals surface area (Å²) in [5.41, 5.74) is 2.30. The van der Waals surface area contributed by atoms with Gasteiger partial charge in [-0.15, -0.1) is 0 Å². The van der Waals surface area contributed by atoms with Gasteiger partial charge in [0, 0.05) is 18.7 Å². The molecule has 3 heteroatoms. The van der Waals surface area contributed by atoms with Gasteiger partial charge < -0.3 is 10.0 Å². The summed E-state index contributed by atoms with van der Waals surface area (Å²) in [5, 5.41) is 8.86. The van der Waals surface area contributed by atoms with E-state index in [0.29, 0.717) is 11.1 Å². The first-order chi connectivity index (χ1) is 9.68. The predicted molar refractivity (Wildman–Crippen MR) is 86.2 cm³/mol. The van der Waals surface area contributed by atoms with Crippen LogP contribution in [0.5, 0.6) is 0 Å². The molecule has 1 N–H and O–H groups in total. The first kappa shape index (κ1) is 17.3. The van der Waals surface area contributed by atoms with Gasteiger partial charge >= 0.3 is 0 Å². The van der Waals surface area contributed by atoms with Gasteiger partial charge in [-0.25, -0.2) is 0 Å². The van der Waals surface area contributed by atoms with Crippen LogP contribution in [0.1, 0.15) is 49.2 Å². The highest BCUT2D eigenvalue weighted by molar-refractivity contribution is 5.97. The lowest BCUT2D eigenvalue weighted by Gasteiger charge is -2.35. The van der Waals surface area contributed by atoms with E-state index in [0.717, 1.165) is 5.56 Å². The van der Waals surface area contributed by atoms with E-state index in [4.69, 9.17) is 5.11 Å². The summed E-state index contributed by atoms with van der Waals surface area (Å²) >= 11 is 0. The molecule has 0 aliphatic heterocycles. The van der Waals surface area contributed by atoms with Crippen molar-refractivity contribution in [3.8, 4) is 11.8 Å². The van der Waals surface area contributed by atoms with Crippen LogP contribution in [0, 0.1) is 24.2 Å². The van der Waals surface area contributed by atoms with Gasteiger partial charge in [-0.2, -0.15) is 0 Å². The van der Waals surface area contributed by atoms with E-state index < -0.39 is 0 Å². The van der Waals surface area contributed by atoms with Crippen LogP contribution in [0.2, 0.25) is 0 Å². The Morgan fingerprint density at radius 2 is 2.00 bits per heavy atom. The molecular formula is C18H25NO2. The standard InChI is InChI=1S/C18H25NO2/c1-13-9-10-16(15(12-13)8-7-11-20)17(21)19(6)14(2)18(3,4)5/h9-10,12,14,20H,11H2,1-6H3. The monoisotopic (exact) mass is 287 g/mol. The molecule has 0 spiro atoms. The Morgan fingerprint density at radius 1 is 1.38 bits per heavy atom. The number of amides is 1. The number of hydrogen-bond acceptors (Lipinski definition) is 2. The van der Waals surface area contributed by atoms with Crippen molar-refractivity contribution in [3.63, 3.8) is 0 Å². The SMILES string of the molecule is Cc1ccc(C(=O)N(C)C(C)C(C)(C)C)c(C#CCO)c1.